The van der Waals surface area contributed by atoms with Crippen LogP contribution in [0.4, 0.5) is 10.2 Å². The number of aromatic nitrogens is 4. The van der Waals surface area contributed by atoms with Crippen LogP contribution in [0.2, 0.25) is 0 Å². The number of nitrogens with zero attached hydrogens (tertiary/aromatic N) is 4. The summed E-state index contributed by atoms with van der Waals surface area (Å²) < 4.78 is 15.2. The molecule has 32 heavy (non-hydrogen) atoms. The number of hydrogen-bond donors (Lipinski definition) is 2. The molecular weight excluding hydrogens is 407 g/mol. The van der Waals surface area contributed by atoms with E-state index in [1.807, 2.05) is 12.1 Å². The van der Waals surface area contributed by atoms with Crippen LogP contribution in [0.1, 0.15) is 46.4 Å². The molecule has 162 valence electrons. The Bertz CT molecular complexity index is 1320. The smallest absolute Gasteiger partial charge is 0.253 e. The molecule has 3 N–H and O–H groups in total. The minimum atomic E-state index is -0.504. The van der Waals surface area contributed by atoms with E-state index in [-0.39, 0.29) is 5.82 Å². The number of halogens is 1. The van der Waals surface area contributed by atoms with Crippen molar-refractivity contribution in [2.24, 2.45) is 5.73 Å². The molecule has 8 heteroatoms. The molecule has 4 aromatic rings. The van der Waals surface area contributed by atoms with Gasteiger partial charge in [-0.15, -0.1) is 0 Å². The van der Waals surface area contributed by atoms with Crippen LogP contribution in [0.5, 0.6) is 0 Å². The summed E-state index contributed by atoms with van der Waals surface area (Å²) in [7, 11) is 0. The van der Waals surface area contributed by atoms with Gasteiger partial charge in [-0.3, -0.25) is 4.79 Å². The lowest BCUT2D eigenvalue weighted by Gasteiger charge is -2.15. The van der Waals surface area contributed by atoms with Crippen LogP contribution in [0, 0.1) is 5.82 Å². The summed E-state index contributed by atoms with van der Waals surface area (Å²) in [5, 5.41) is 8.51. The number of amides is 1. The van der Waals surface area contributed by atoms with Crippen LogP contribution < -0.4 is 11.1 Å². The Morgan fingerprint density at radius 3 is 2.78 bits per heavy atom. The number of rotatable bonds is 5. The van der Waals surface area contributed by atoms with E-state index in [2.05, 4.69) is 10.4 Å². The van der Waals surface area contributed by atoms with Gasteiger partial charge in [-0.05, 0) is 55.5 Å². The van der Waals surface area contributed by atoms with Gasteiger partial charge in [0.2, 0.25) is 5.91 Å². The fraction of sp³-hybridized carbons (Fsp3) is 0.250. The lowest BCUT2D eigenvalue weighted by atomic mass is 10.1. The highest BCUT2D eigenvalue weighted by Crippen LogP contribution is 2.28. The van der Waals surface area contributed by atoms with Crippen molar-refractivity contribution < 1.29 is 9.18 Å². The zero-order valence-electron chi connectivity index (χ0n) is 17.5. The third-order valence-electron chi connectivity index (χ3n) is 5.84. The number of hydrogen-bond acceptors (Lipinski definition) is 5. The molecule has 0 saturated heterocycles. The Morgan fingerprint density at radius 1 is 1.09 bits per heavy atom. The summed E-state index contributed by atoms with van der Waals surface area (Å²) in [4.78, 5) is 21.4. The second kappa shape index (κ2) is 8.37. The summed E-state index contributed by atoms with van der Waals surface area (Å²) in [5.41, 5.74) is 9.59. The highest BCUT2D eigenvalue weighted by atomic mass is 19.1. The van der Waals surface area contributed by atoms with E-state index < -0.39 is 5.91 Å². The van der Waals surface area contributed by atoms with E-state index in [1.54, 1.807) is 29.1 Å². The van der Waals surface area contributed by atoms with Crippen LogP contribution in [-0.2, 0) is 19.4 Å². The molecule has 0 aliphatic heterocycles. The second-order valence-electron chi connectivity index (χ2n) is 8.00. The third kappa shape index (κ3) is 3.79. The molecular formula is C24H23FN6O. The maximum absolute atomic E-state index is 13.6. The molecule has 2 heterocycles. The highest BCUT2D eigenvalue weighted by Gasteiger charge is 2.20. The fourth-order valence-corrected chi connectivity index (χ4v) is 4.26. The van der Waals surface area contributed by atoms with Gasteiger partial charge in [0.1, 0.15) is 11.6 Å². The molecule has 0 unspecified atom stereocenters. The van der Waals surface area contributed by atoms with Crippen molar-refractivity contribution in [3.8, 4) is 5.95 Å². The second-order valence-corrected chi connectivity index (χ2v) is 8.00. The molecule has 0 spiro atoms. The Balaban J connectivity index is 1.58. The quantitative estimate of drug-likeness (QED) is 0.468. The lowest BCUT2D eigenvalue weighted by molar-refractivity contribution is 0.100. The Kier molecular flexibility index (Phi) is 5.26. The summed E-state index contributed by atoms with van der Waals surface area (Å²) in [6.07, 6.45) is 6.67. The van der Waals surface area contributed by atoms with Crippen molar-refractivity contribution in [2.45, 2.75) is 38.6 Å². The first-order chi connectivity index (χ1) is 15.6. The van der Waals surface area contributed by atoms with Crippen LogP contribution in [0.15, 0.2) is 48.7 Å². The minimum absolute atomic E-state index is 0.264. The molecule has 5 rings (SSSR count). The van der Waals surface area contributed by atoms with E-state index in [0.29, 0.717) is 29.0 Å². The average molecular weight is 430 g/mol. The van der Waals surface area contributed by atoms with Crippen molar-refractivity contribution in [1.29, 1.82) is 0 Å². The van der Waals surface area contributed by atoms with E-state index in [9.17, 15) is 9.18 Å². The monoisotopic (exact) mass is 430 g/mol. The maximum Gasteiger partial charge on any atom is 0.253 e. The van der Waals surface area contributed by atoms with Gasteiger partial charge >= 0.3 is 0 Å². The molecule has 1 aliphatic carbocycles. The molecule has 0 bridgehead atoms. The molecule has 0 fully saturated rings. The molecule has 0 atom stereocenters. The van der Waals surface area contributed by atoms with Crippen molar-refractivity contribution in [3.63, 3.8) is 0 Å². The lowest BCUT2D eigenvalue weighted by Crippen LogP contribution is -2.13. The Hall–Kier alpha value is -3.81. The molecule has 1 amide bonds. The van der Waals surface area contributed by atoms with E-state index in [4.69, 9.17) is 15.7 Å². The van der Waals surface area contributed by atoms with Gasteiger partial charge in [0.25, 0.3) is 5.95 Å². The number of carbonyl (C=O) groups is 1. The number of anilines is 1. The van der Waals surface area contributed by atoms with Gasteiger partial charge in [-0.2, -0.15) is 14.8 Å². The van der Waals surface area contributed by atoms with Crippen molar-refractivity contribution in [1.82, 2.24) is 19.7 Å². The number of nitrogens with one attached hydrogen (secondary N) is 1. The van der Waals surface area contributed by atoms with Gasteiger partial charge in [-0.25, -0.2) is 9.37 Å². The molecule has 0 saturated carbocycles. The number of nitrogens with two attached hydrogens (primary N) is 1. The van der Waals surface area contributed by atoms with Gasteiger partial charge in [0.05, 0.1) is 23.0 Å². The highest BCUT2D eigenvalue weighted by molar-refractivity contribution is 6.05. The normalized spacial score (nSPS) is 13.5. The third-order valence-corrected chi connectivity index (χ3v) is 5.84. The summed E-state index contributed by atoms with van der Waals surface area (Å²) in [5.74, 6) is 0.407. The predicted molar refractivity (Wildman–Crippen MR) is 120 cm³/mol. The first-order valence-corrected chi connectivity index (χ1v) is 10.7. The zero-order valence-corrected chi connectivity index (χ0v) is 17.5. The van der Waals surface area contributed by atoms with Crippen LogP contribution >= 0.6 is 0 Å². The van der Waals surface area contributed by atoms with Gasteiger partial charge in [0.15, 0.2) is 0 Å². The summed E-state index contributed by atoms with van der Waals surface area (Å²) in [6.45, 7) is 0.451. The van der Waals surface area contributed by atoms with Gasteiger partial charge in [0, 0.05) is 17.5 Å². The molecule has 0 radical (unpaired) electrons. The van der Waals surface area contributed by atoms with Crippen LogP contribution in [0.25, 0.3) is 16.9 Å². The van der Waals surface area contributed by atoms with Crippen LogP contribution in [0.3, 0.4) is 0 Å². The standard InChI is InChI=1S/C24H23FN6O/c25-16-7-4-6-15(12-16)13-27-23-18-8-2-1-3-10-20(18)29-24(30-23)31-21-11-5-9-17(22(26)32)19(21)14-28-31/h4-7,9,11-12,14H,1-3,8,10,13H2,(H2,26,32)(H,27,29,30). The predicted octanol–water partition coefficient (Wildman–Crippen LogP) is 3.93. The number of aryl methyl sites for hydroxylation is 1. The van der Waals surface area contributed by atoms with Gasteiger partial charge < -0.3 is 11.1 Å². The number of primary amides is 1. The molecule has 1 aliphatic rings. The first kappa shape index (κ1) is 20.1. The summed E-state index contributed by atoms with van der Waals surface area (Å²) in [6, 6.07) is 11.8. The average Bonchev–Trinajstić information content (AvgIpc) is 3.08. The first-order valence-electron chi connectivity index (χ1n) is 10.7. The van der Waals surface area contributed by atoms with Crippen molar-refractivity contribution >= 4 is 22.6 Å². The van der Waals surface area contributed by atoms with Crippen molar-refractivity contribution in [3.05, 3.63) is 76.9 Å². The fourth-order valence-electron chi connectivity index (χ4n) is 4.26. The Morgan fingerprint density at radius 2 is 1.94 bits per heavy atom. The topological polar surface area (TPSA) is 98.7 Å². The zero-order chi connectivity index (χ0) is 22.1. The number of benzene rings is 2. The van der Waals surface area contributed by atoms with E-state index >= 15 is 0 Å². The Labute approximate surface area is 184 Å². The van der Waals surface area contributed by atoms with Gasteiger partial charge in [-0.1, -0.05) is 24.6 Å². The SMILES string of the molecule is NC(=O)c1cccc2c1cnn2-c1nc2c(c(NCc3cccc(F)c3)n1)CCCCC2. The largest absolute Gasteiger partial charge is 0.366 e. The molecule has 2 aromatic carbocycles. The van der Waals surface area contributed by atoms with Crippen molar-refractivity contribution in [2.75, 3.05) is 5.32 Å². The van der Waals surface area contributed by atoms with Crippen LogP contribution in [-0.4, -0.2) is 25.7 Å². The van der Waals surface area contributed by atoms with E-state index in [1.165, 1.54) is 12.1 Å². The minimum Gasteiger partial charge on any atom is -0.366 e. The maximum atomic E-state index is 13.6. The molecule has 7 nitrogen and oxygen atoms in total. The summed E-state index contributed by atoms with van der Waals surface area (Å²) >= 11 is 0. The number of fused-ring (bicyclic) bond motifs is 2. The van der Waals surface area contributed by atoms with E-state index in [0.717, 1.165) is 54.7 Å². The molecule has 2 aromatic heterocycles. The number of carbonyl (C=O) groups excluding carboxylic acids is 1.